The van der Waals surface area contributed by atoms with E-state index in [1.807, 2.05) is 0 Å². The van der Waals surface area contributed by atoms with Crippen molar-refractivity contribution in [1.29, 1.82) is 0 Å². The number of rotatable bonds is 3. The van der Waals surface area contributed by atoms with Crippen LogP contribution in [0.4, 0.5) is 18.0 Å². The summed E-state index contributed by atoms with van der Waals surface area (Å²) in [5.74, 6) is 0. The number of alkyl halides is 3. The van der Waals surface area contributed by atoms with Crippen LogP contribution < -0.4 is 5.32 Å². The molecule has 102 valence electrons. The lowest BCUT2D eigenvalue weighted by Crippen LogP contribution is -2.52. The molecule has 0 aromatic rings. The Labute approximate surface area is 96.6 Å². The van der Waals surface area contributed by atoms with Crippen LogP contribution >= 0.6 is 0 Å². The number of nitrogens with one attached hydrogen (secondary N) is 1. The summed E-state index contributed by atoms with van der Waals surface area (Å²) < 4.78 is 41.1. The zero-order chi connectivity index (χ0) is 13.9. The van der Waals surface area contributed by atoms with Crippen LogP contribution in [-0.2, 0) is 4.74 Å². The van der Waals surface area contributed by atoms with Gasteiger partial charge >= 0.3 is 12.3 Å². The van der Waals surface area contributed by atoms with Crippen molar-refractivity contribution < 1.29 is 32.9 Å². The van der Waals surface area contributed by atoms with Crippen LogP contribution in [0.15, 0.2) is 0 Å². The van der Waals surface area contributed by atoms with Gasteiger partial charge in [0.15, 0.2) is 6.10 Å². The molecule has 0 aliphatic heterocycles. The Kier molecular flexibility index (Phi) is 5.21. The molecular weight excluding hydrogens is 243 g/mol. The van der Waals surface area contributed by atoms with Crippen molar-refractivity contribution in [1.82, 2.24) is 5.32 Å². The fraction of sp³-hybridized carbons (Fsp3) is 0.889. The molecule has 0 radical (unpaired) electrons. The summed E-state index contributed by atoms with van der Waals surface area (Å²) in [6, 6.07) is -1.86. The second-order valence-electron chi connectivity index (χ2n) is 4.42. The normalized spacial score (nSPS) is 16.2. The van der Waals surface area contributed by atoms with Gasteiger partial charge < -0.3 is 20.3 Å². The van der Waals surface area contributed by atoms with E-state index < -0.39 is 36.6 Å². The SMILES string of the molecule is CC(C)(C)OC(=O)NC(CO)C(O)C(F)(F)F. The van der Waals surface area contributed by atoms with E-state index in [2.05, 4.69) is 0 Å². The third-order valence-electron chi connectivity index (χ3n) is 1.62. The molecule has 0 saturated heterocycles. The highest BCUT2D eigenvalue weighted by Crippen LogP contribution is 2.22. The Hall–Kier alpha value is -1.02. The van der Waals surface area contributed by atoms with Gasteiger partial charge in [0.05, 0.1) is 12.6 Å². The molecule has 0 saturated carbocycles. The van der Waals surface area contributed by atoms with Crippen molar-refractivity contribution in [3.63, 3.8) is 0 Å². The molecule has 0 bridgehead atoms. The topological polar surface area (TPSA) is 78.8 Å². The molecule has 0 aliphatic carbocycles. The van der Waals surface area contributed by atoms with Gasteiger partial charge in [-0.1, -0.05) is 0 Å². The summed E-state index contributed by atoms with van der Waals surface area (Å²) in [6.07, 6.45) is -8.91. The van der Waals surface area contributed by atoms with Gasteiger partial charge in [-0.25, -0.2) is 4.79 Å². The lowest BCUT2D eigenvalue weighted by molar-refractivity contribution is -0.214. The molecule has 17 heavy (non-hydrogen) atoms. The molecule has 0 aromatic carbocycles. The van der Waals surface area contributed by atoms with Gasteiger partial charge in [0.1, 0.15) is 5.60 Å². The van der Waals surface area contributed by atoms with Crippen molar-refractivity contribution >= 4 is 6.09 Å². The molecule has 0 aliphatic rings. The first-order valence-electron chi connectivity index (χ1n) is 4.82. The van der Waals surface area contributed by atoms with E-state index in [4.69, 9.17) is 14.9 Å². The van der Waals surface area contributed by atoms with E-state index in [0.29, 0.717) is 0 Å². The zero-order valence-corrected chi connectivity index (χ0v) is 9.71. The van der Waals surface area contributed by atoms with Gasteiger partial charge in [-0.05, 0) is 20.8 Å². The quantitative estimate of drug-likeness (QED) is 0.700. The Bertz CT molecular complexity index is 262. The molecule has 0 heterocycles. The Morgan fingerprint density at radius 1 is 1.35 bits per heavy atom. The second kappa shape index (κ2) is 5.54. The number of amides is 1. The van der Waals surface area contributed by atoms with Gasteiger partial charge in [-0.15, -0.1) is 0 Å². The minimum Gasteiger partial charge on any atom is -0.444 e. The summed E-state index contributed by atoms with van der Waals surface area (Å²) in [4.78, 5) is 11.1. The molecule has 1 amide bonds. The number of alkyl carbamates (subject to hydrolysis) is 1. The van der Waals surface area contributed by atoms with Crippen LogP contribution in [0.25, 0.3) is 0 Å². The number of hydrogen-bond donors (Lipinski definition) is 3. The summed E-state index contributed by atoms with van der Waals surface area (Å²) in [5.41, 5.74) is -0.882. The van der Waals surface area contributed by atoms with Gasteiger partial charge in [0, 0.05) is 0 Å². The molecule has 5 nitrogen and oxygen atoms in total. The lowest BCUT2D eigenvalue weighted by atomic mass is 10.1. The van der Waals surface area contributed by atoms with E-state index >= 15 is 0 Å². The average molecular weight is 259 g/mol. The molecule has 2 unspecified atom stereocenters. The summed E-state index contributed by atoms with van der Waals surface area (Å²) in [5, 5.41) is 19.3. The van der Waals surface area contributed by atoms with Gasteiger partial charge in [-0.3, -0.25) is 0 Å². The standard InChI is InChI=1S/C9H16F3NO4/c1-8(2,3)17-7(16)13-5(4-14)6(15)9(10,11)12/h5-6,14-15H,4H2,1-3H3,(H,13,16). The highest BCUT2D eigenvalue weighted by Gasteiger charge is 2.44. The summed E-state index contributed by atoms with van der Waals surface area (Å²) in [6.45, 7) is 3.53. The largest absolute Gasteiger partial charge is 0.444 e. The maximum absolute atomic E-state index is 12.1. The minimum absolute atomic E-state index is 0.882. The minimum atomic E-state index is -4.93. The van der Waals surface area contributed by atoms with Crippen molar-refractivity contribution in [3.05, 3.63) is 0 Å². The number of aliphatic hydroxyl groups excluding tert-OH is 2. The van der Waals surface area contributed by atoms with Crippen molar-refractivity contribution in [2.45, 2.75) is 44.7 Å². The maximum atomic E-state index is 12.1. The maximum Gasteiger partial charge on any atom is 0.416 e. The predicted octanol–water partition coefficient (Wildman–Crippen LogP) is 0.795. The molecule has 3 N–H and O–H groups in total. The van der Waals surface area contributed by atoms with Crippen LogP contribution in [0.2, 0.25) is 0 Å². The number of carbonyl (C=O) groups is 1. The molecule has 2 atom stereocenters. The number of aliphatic hydroxyl groups is 2. The number of carbonyl (C=O) groups excluding carboxylic acids is 1. The third kappa shape index (κ3) is 6.32. The first kappa shape index (κ1) is 16.0. The van der Waals surface area contributed by atoms with Crippen LogP contribution in [0, 0.1) is 0 Å². The lowest BCUT2D eigenvalue weighted by Gasteiger charge is -2.26. The summed E-state index contributed by atoms with van der Waals surface area (Å²) in [7, 11) is 0. The highest BCUT2D eigenvalue weighted by atomic mass is 19.4. The van der Waals surface area contributed by atoms with Crippen molar-refractivity contribution in [2.24, 2.45) is 0 Å². The van der Waals surface area contributed by atoms with E-state index in [1.54, 1.807) is 5.32 Å². The van der Waals surface area contributed by atoms with Gasteiger partial charge in [-0.2, -0.15) is 13.2 Å². The molecule has 0 rings (SSSR count). The highest BCUT2D eigenvalue weighted by molar-refractivity contribution is 5.68. The fourth-order valence-electron chi connectivity index (χ4n) is 0.911. The first-order chi connectivity index (χ1) is 7.47. The third-order valence-corrected chi connectivity index (χ3v) is 1.62. The van der Waals surface area contributed by atoms with Gasteiger partial charge in [0.25, 0.3) is 0 Å². The average Bonchev–Trinajstić information content (AvgIpc) is 2.08. The van der Waals surface area contributed by atoms with E-state index in [-0.39, 0.29) is 0 Å². The van der Waals surface area contributed by atoms with Crippen LogP contribution in [0.1, 0.15) is 20.8 Å². The number of hydrogen-bond acceptors (Lipinski definition) is 4. The fourth-order valence-corrected chi connectivity index (χ4v) is 0.911. The van der Waals surface area contributed by atoms with E-state index in [9.17, 15) is 18.0 Å². The molecular formula is C9H16F3NO4. The first-order valence-corrected chi connectivity index (χ1v) is 4.82. The number of halogens is 3. The molecule has 0 fully saturated rings. The van der Waals surface area contributed by atoms with Crippen LogP contribution in [0.5, 0.6) is 0 Å². The molecule has 0 aromatic heterocycles. The smallest absolute Gasteiger partial charge is 0.416 e. The van der Waals surface area contributed by atoms with Crippen LogP contribution in [-0.4, -0.2) is 46.8 Å². The predicted molar refractivity (Wildman–Crippen MR) is 52.3 cm³/mol. The monoisotopic (exact) mass is 259 g/mol. The van der Waals surface area contributed by atoms with E-state index in [0.717, 1.165) is 0 Å². The molecule has 8 heteroatoms. The van der Waals surface area contributed by atoms with Crippen molar-refractivity contribution in [2.75, 3.05) is 6.61 Å². The molecule has 0 spiro atoms. The number of ether oxygens (including phenoxy) is 1. The Morgan fingerprint density at radius 2 is 1.82 bits per heavy atom. The van der Waals surface area contributed by atoms with Gasteiger partial charge in [0.2, 0.25) is 0 Å². The Morgan fingerprint density at radius 3 is 2.12 bits per heavy atom. The van der Waals surface area contributed by atoms with Crippen LogP contribution in [0.3, 0.4) is 0 Å². The Balaban J connectivity index is 4.47. The van der Waals surface area contributed by atoms with E-state index in [1.165, 1.54) is 20.8 Å². The summed E-state index contributed by atoms with van der Waals surface area (Å²) >= 11 is 0. The zero-order valence-electron chi connectivity index (χ0n) is 9.71. The van der Waals surface area contributed by atoms with Crippen molar-refractivity contribution in [3.8, 4) is 0 Å². The second-order valence-corrected chi connectivity index (χ2v) is 4.42.